The fourth-order valence-electron chi connectivity index (χ4n) is 3.64. The Labute approximate surface area is 172 Å². The molecule has 0 heterocycles. The van der Waals surface area contributed by atoms with Crippen LogP contribution in [0.25, 0.3) is 0 Å². The Hall–Kier alpha value is -3.26. The molecule has 0 saturated heterocycles. The van der Waals surface area contributed by atoms with Gasteiger partial charge in [0.2, 0.25) is 0 Å². The zero-order valence-electron chi connectivity index (χ0n) is 17.0. The highest BCUT2D eigenvalue weighted by Gasteiger charge is 2.18. The quantitative estimate of drug-likeness (QED) is 0.533. The molecule has 5 nitrogen and oxygen atoms in total. The fraction of sp³-hybridized carbons (Fsp3) is 0.333. The van der Waals surface area contributed by atoms with E-state index >= 15 is 0 Å². The van der Waals surface area contributed by atoms with E-state index in [9.17, 15) is 10.1 Å². The summed E-state index contributed by atoms with van der Waals surface area (Å²) >= 11 is 0. The summed E-state index contributed by atoms with van der Waals surface area (Å²) in [6.07, 6.45) is 6.89. The van der Waals surface area contributed by atoms with Crippen LogP contribution in [0, 0.1) is 11.3 Å². The van der Waals surface area contributed by atoms with E-state index in [1.54, 1.807) is 13.2 Å². The van der Waals surface area contributed by atoms with Crippen LogP contribution in [0.5, 0.6) is 5.75 Å². The molecule has 1 aliphatic carbocycles. The maximum absolute atomic E-state index is 12.7. The Bertz CT molecular complexity index is 943. The topological polar surface area (TPSA) is 74.2 Å². The molecule has 0 radical (unpaired) electrons. The minimum absolute atomic E-state index is 0.0317. The highest BCUT2D eigenvalue weighted by Crippen LogP contribution is 2.26. The molecule has 0 aromatic heterocycles. The number of carbonyl (C=O) groups is 1. The van der Waals surface area contributed by atoms with Gasteiger partial charge in [0, 0.05) is 18.0 Å². The molecule has 3 rings (SSSR count). The number of anilines is 1. The summed E-state index contributed by atoms with van der Waals surface area (Å²) in [6, 6.07) is 15.7. The van der Waals surface area contributed by atoms with Gasteiger partial charge in [0.25, 0.3) is 5.91 Å². The van der Waals surface area contributed by atoms with Crippen LogP contribution in [0.1, 0.15) is 48.9 Å². The number of nitriles is 1. The maximum atomic E-state index is 12.7. The van der Waals surface area contributed by atoms with Crippen molar-refractivity contribution >= 4 is 11.6 Å². The molecule has 2 N–H and O–H groups in total. The van der Waals surface area contributed by atoms with Crippen LogP contribution < -0.4 is 15.4 Å². The molecule has 5 heteroatoms. The van der Waals surface area contributed by atoms with Crippen molar-refractivity contribution in [3.8, 4) is 11.8 Å². The first-order valence-electron chi connectivity index (χ1n) is 10.1. The summed E-state index contributed by atoms with van der Waals surface area (Å²) in [5.41, 5.74) is 4.67. The van der Waals surface area contributed by atoms with E-state index in [2.05, 4.69) is 28.8 Å². The molecule has 1 aliphatic rings. The van der Waals surface area contributed by atoms with Crippen LogP contribution in [-0.4, -0.2) is 13.0 Å². The summed E-state index contributed by atoms with van der Waals surface area (Å²) < 4.78 is 5.19. The Balaban J connectivity index is 1.71. The van der Waals surface area contributed by atoms with E-state index in [1.807, 2.05) is 31.2 Å². The second-order valence-electron chi connectivity index (χ2n) is 7.22. The number of nitrogens with one attached hydrogen (secondary N) is 2. The lowest BCUT2D eigenvalue weighted by Gasteiger charge is -2.21. The molecule has 1 atom stereocenters. The average Bonchev–Trinajstić information content (AvgIpc) is 2.77. The van der Waals surface area contributed by atoms with Gasteiger partial charge >= 0.3 is 0 Å². The molecule has 0 fully saturated rings. The normalized spacial score (nSPS) is 14.3. The predicted molar refractivity (Wildman–Crippen MR) is 115 cm³/mol. The largest absolute Gasteiger partial charge is 0.497 e. The van der Waals surface area contributed by atoms with Crippen molar-refractivity contribution in [2.45, 2.75) is 45.1 Å². The van der Waals surface area contributed by atoms with Gasteiger partial charge in [-0.05, 0) is 60.9 Å². The van der Waals surface area contributed by atoms with Gasteiger partial charge in [-0.25, -0.2) is 0 Å². The first kappa shape index (κ1) is 20.5. The number of hydrogen-bond acceptors (Lipinski definition) is 4. The minimum Gasteiger partial charge on any atom is -0.497 e. The number of ether oxygens (including phenoxy) is 1. The SMILES string of the molecule is CCC(NC(=O)/C(C#N)=C\Nc1cccc(OC)c1)c1ccc2c(c1)CCCC2. The van der Waals surface area contributed by atoms with E-state index in [0.29, 0.717) is 5.75 Å². The van der Waals surface area contributed by atoms with Crippen LogP contribution in [0.4, 0.5) is 5.69 Å². The Morgan fingerprint density at radius 3 is 2.72 bits per heavy atom. The smallest absolute Gasteiger partial charge is 0.263 e. The lowest BCUT2D eigenvalue weighted by atomic mass is 9.88. The number of hydrogen-bond donors (Lipinski definition) is 2. The fourth-order valence-corrected chi connectivity index (χ4v) is 3.64. The van der Waals surface area contributed by atoms with Gasteiger partial charge in [0.15, 0.2) is 0 Å². The first-order chi connectivity index (χ1) is 14.1. The molecule has 1 amide bonds. The van der Waals surface area contributed by atoms with Crippen molar-refractivity contribution in [2.75, 3.05) is 12.4 Å². The van der Waals surface area contributed by atoms with Crippen LogP contribution in [0.15, 0.2) is 54.2 Å². The predicted octanol–water partition coefficient (Wildman–Crippen LogP) is 4.66. The second-order valence-corrected chi connectivity index (χ2v) is 7.22. The number of benzene rings is 2. The number of rotatable bonds is 7. The van der Waals surface area contributed by atoms with Crippen LogP contribution in [0.3, 0.4) is 0 Å². The van der Waals surface area contributed by atoms with Crippen molar-refractivity contribution in [3.63, 3.8) is 0 Å². The summed E-state index contributed by atoms with van der Waals surface area (Å²) in [7, 11) is 1.59. The van der Waals surface area contributed by atoms with Gasteiger partial charge in [0.1, 0.15) is 17.4 Å². The molecule has 0 aliphatic heterocycles. The van der Waals surface area contributed by atoms with Crippen molar-refractivity contribution in [2.24, 2.45) is 0 Å². The number of carbonyl (C=O) groups excluding carboxylic acids is 1. The third kappa shape index (κ3) is 5.17. The van der Waals surface area contributed by atoms with E-state index in [1.165, 1.54) is 30.2 Å². The molecular weight excluding hydrogens is 362 g/mol. The molecule has 0 saturated carbocycles. The number of nitrogens with zero attached hydrogens (tertiary/aromatic N) is 1. The molecule has 150 valence electrons. The van der Waals surface area contributed by atoms with Gasteiger partial charge in [0.05, 0.1) is 13.2 Å². The van der Waals surface area contributed by atoms with E-state index in [0.717, 1.165) is 30.5 Å². The van der Waals surface area contributed by atoms with E-state index in [-0.39, 0.29) is 17.5 Å². The molecule has 0 bridgehead atoms. The number of aryl methyl sites for hydroxylation is 2. The Morgan fingerprint density at radius 2 is 2.00 bits per heavy atom. The van der Waals surface area contributed by atoms with Crippen molar-refractivity contribution in [1.29, 1.82) is 5.26 Å². The second kappa shape index (κ2) is 9.79. The summed E-state index contributed by atoms with van der Waals surface area (Å²) in [5, 5.41) is 15.4. The van der Waals surface area contributed by atoms with Gasteiger partial charge in [-0.1, -0.05) is 31.2 Å². The first-order valence-corrected chi connectivity index (χ1v) is 10.1. The molecule has 29 heavy (non-hydrogen) atoms. The summed E-state index contributed by atoms with van der Waals surface area (Å²) in [5.74, 6) is 0.317. The number of fused-ring (bicyclic) bond motifs is 1. The standard InChI is InChI=1S/C24H27N3O2/c1-3-23(19-12-11-17-7-4-5-8-18(17)13-19)27-24(28)20(15-25)16-26-21-9-6-10-22(14-21)29-2/h6,9-14,16,23,26H,3-5,7-8H2,1-2H3,(H,27,28)/b20-16-. The van der Waals surface area contributed by atoms with Crippen molar-refractivity contribution in [1.82, 2.24) is 5.32 Å². The van der Waals surface area contributed by atoms with Crippen LogP contribution in [-0.2, 0) is 17.6 Å². The van der Waals surface area contributed by atoms with Crippen molar-refractivity contribution in [3.05, 3.63) is 70.9 Å². The van der Waals surface area contributed by atoms with Crippen LogP contribution in [0.2, 0.25) is 0 Å². The number of amides is 1. The van der Waals surface area contributed by atoms with E-state index < -0.39 is 0 Å². The monoisotopic (exact) mass is 389 g/mol. The average molecular weight is 389 g/mol. The third-order valence-electron chi connectivity index (χ3n) is 5.31. The molecule has 1 unspecified atom stereocenters. The molecule has 0 spiro atoms. The summed E-state index contributed by atoms with van der Waals surface area (Å²) in [4.78, 5) is 12.7. The van der Waals surface area contributed by atoms with E-state index in [4.69, 9.17) is 4.74 Å². The lowest BCUT2D eigenvalue weighted by Crippen LogP contribution is -2.29. The Morgan fingerprint density at radius 1 is 1.21 bits per heavy atom. The molecular formula is C24H27N3O2. The minimum atomic E-state index is -0.382. The highest BCUT2D eigenvalue weighted by molar-refractivity contribution is 5.97. The summed E-state index contributed by atoms with van der Waals surface area (Å²) in [6.45, 7) is 2.04. The third-order valence-corrected chi connectivity index (χ3v) is 5.31. The van der Waals surface area contributed by atoms with Gasteiger partial charge in [-0.15, -0.1) is 0 Å². The zero-order chi connectivity index (χ0) is 20.6. The molecule has 2 aromatic carbocycles. The Kier molecular flexibility index (Phi) is 6.91. The zero-order valence-corrected chi connectivity index (χ0v) is 17.0. The molecule has 2 aromatic rings. The van der Waals surface area contributed by atoms with Crippen LogP contribution >= 0.6 is 0 Å². The number of methoxy groups -OCH3 is 1. The van der Waals surface area contributed by atoms with Crippen molar-refractivity contribution < 1.29 is 9.53 Å². The van der Waals surface area contributed by atoms with Gasteiger partial charge < -0.3 is 15.4 Å². The lowest BCUT2D eigenvalue weighted by molar-refractivity contribution is -0.117. The van der Waals surface area contributed by atoms with Gasteiger partial charge in [-0.3, -0.25) is 4.79 Å². The van der Waals surface area contributed by atoms with Gasteiger partial charge in [-0.2, -0.15) is 5.26 Å². The maximum Gasteiger partial charge on any atom is 0.263 e. The highest BCUT2D eigenvalue weighted by atomic mass is 16.5.